The minimum Gasteiger partial charge on any atom is -0.377 e. The fourth-order valence-electron chi connectivity index (χ4n) is 2.75. The van der Waals surface area contributed by atoms with Gasteiger partial charge in [-0.05, 0) is 24.5 Å². The zero-order chi connectivity index (χ0) is 19.1. The van der Waals surface area contributed by atoms with E-state index in [1.54, 1.807) is 7.05 Å². The number of aryl methyl sites for hydroxylation is 2. The number of nitrogens with two attached hydrogens (primary N) is 1. The lowest BCUT2D eigenvalue weighted by Crippen LogP contribution is -2.21. The zero-order valence-electron chi connectivity index (χ0n) is 15.5. The van der Waals surface area contributed by atoms with Crippen molar-refractivity contribution >= 4 is 17.5 Å². The SMILES string of the molecule is CCCc1nn(C)c(C(N)=O)c1NC(=O)Cc1ccc(COCC)cc1. The molecule has 0 saturated heterocycles. The van der Waals surface area contributed by atoms with Crippen molar-refractivity contribution in [3.63, 3.8) is 0 Å². The van der Waals surface area contributed by atoms with Gasteiger partial charge < -0.3 is 15.8 Å². The summed E-state index contributed by atoms with van der Waals surface area (Å²) in [4.78, 5) is 24.2. The molecule has 0 spiro atoms. The van der Waals surface area contributed by atoms with Crippen molar-refractivity contribution in [1.82, 2.24) is 9.78 Å². The summed E-state index contributed by atoms with van der Waals surface area (Å²) in [5, 5.41) is 7.12. The van der Waals surface area contributed by atoms with E-state index >= 15 is 0 Å². The number of primary amides is 1. The molecule has 2 amide bonds. The first-order chi connectivity index (χ1) is 12.5. The number of anilines is 1. The van der Waals surface area contributed by atoms with Crippen LogP contribution in [-0.4, -0.2) is 28.2 Å². The summed E-state index contributed by atoms with van der Waals surface area (Å²) in [7, 11) is 1.64. The average Bonchev–Trinajstić information content (AvgIpc) is 2.89. The molecule has 0 saturated carbocycles. The first kappa shape index (κ1) is 19.7. The van der Waals surface area contributed by atoms with Gasteiger partial charge in [-0.25, -0.2) is 0 Å². The van der Waals surface area contributed by atoms with Crippen LogP contribution in [0.5, 0.6) is 0 Å². The Bertz CT molecular complexity index is 766. The Morgan fingerprint density at radius 1 is 1.19 bits per heavy atom. The van der Waals surface area contributed by atoms with Gasteiger partial charge in [-0.2, -0.15) is 5.10 Å². The van der Waals surface area contributed by atoms with Crippen LogP contribution in [0.25, 0.3) is 0 Å². The average molecular weight is 358 g/mol. The molecule has 1 aromatic heterocycles. The minimum absolute atomic E-state index is 0.202. The van der Waals surface area contributed by atoms with E-state index in [1.165, 1.54) is 4.68 Å². The van der Waals surface area contributed by atoms with Crippen molar-refractivity contribution in [3.8, 4) is 0 Å². The van der Waals surface area contributed by atoms with Crippen LogP contribution in [0.4, 0.5) is 5.69 Å². The molecule has 7 nitrogen and oxygen atoms in total. The molecule has 1 aromatic carbocycles. The number of aromatic nitrogens is 2. The molecule has 7 heteroatoms. The van der Waals surface area contributed by atoms with Crippen LogP contribution in [0.1, 0.15) is 47.6 Å². The normalized spacial score (nSPS) is 10.7. The fraction of sp³-hybridized carbons (Fsp3) is 0.421. The van der Waals surface area contributed by atoms with Gasteiger partial charge in [0, 0.05) is 13.7 Å². The lowest BCUT2D eigenvalue weighted by molar-refractivity contribution is -0.115. The molecule has 26 heavy (non-hydrogen) atoms. The predicted molar refractivity (Wildman–Crippen MR) is 99.8 cm³/mol. The maximum absolute atomic E-state index is 12.5. The maximum atomic E-state index is 12.5. The van der Waals surface area contributed by atoms with Crippen LogP contribution in [-0.2, 0) is 36.0 Å². The zero-order valence-corrected chi connectivity index (χ0v) is 15.5. The summed E-state index contributed by atoms with van der Waals surface area (Å²) in [6.45, 7) is 5.18. The lowest BCUT2D eigenvalue weighted by atomic mass is 10.1. The molecule has 0 fully saturated rings. The minimum atomic E-state index is -0.613. The Morgan fingerprint density at radius 2 is 1.85 bits per heavy atom. The Hall–Kier alpha value is -2.67. The highest BCUT2D eigenvalue weighted by Gasteiger charge is 2.21. The number of ether oxygens (including phenoxy) is 1. The third-order valence-electron chi connectivity index (χ3n) is 3.96. The third kappa shape index (κ3) is 4.92. The van der Waals surface area contributed by atoms with Gasteiger partial charge >= 0.3 is 0 Å². The van der Waals surface area contributed by atoms with Crippen molar-refractivity contribution in [2.75, 3.05) is 11.9 Å². The second-order valence-electron chi connectivity index (χ2n) is 6.09. The molecular formula is C19H26N4O3. The Balaban J connectivity index is 2.11. The number of rotatable bonds is 9. The Labute approximate surface area is 153 Å². The number of carbonyl (C=O) groups is 2. The molecule has 0 aliphatic carbocycles. The first-order valence-electron chi connectivity index (χ1n) is 8.77. The summed E-state index contributed by atoms with van der Waals surface area (Å²) in [5.74, 6) is -0.826. The number of hydrogen-bond acceptors (Lipinski definition) is 4. The number of nitrogens with one attached hydrogen (secondary N) is 1. The van der Waals surface area contributed by atoms with E-state index in [1.807, 2.05) is 38.1 Å². The second kappa shape index (κ2) is 9.15. The molecule has 0 radical (unpaired) electrons. The van der Waals surface area contributed by atoms with E-state index in [-0.39, 0.29) is 18.0 Å². The molecule has 0 atom stereocenters. The Kier molecular flexibility index (Phi) is 6.91. The molecule has 0 bridgehead atoms. The van der Waals surface area contributed by atoms with E-state index in [2.05, 4.69) is 10.4 Å². The van der Waals surface area contributed by atoms with Gasteiger partial charge in [-0.15, -0.1) is 0 Å². The number of nitrogens with zero attached hydrogens (tertiary/aromatic N) is 2. The number of carbonyl (C=O) groups excluding carboxylic acids is 2. The summed E-state index contributed by atoms with van der Waals surface area (Å²) in [6.07, 6.45) is 1.70. The van der Waals surface area contributed by atoms with Gasteiger partial charge in [0.1, 0.15) is 5.69 Å². The highest BCUT2D eigenvalue weighted by Crippen LogP contribution is 2.22. The van der Waals surface area contributed by atoms with Gasteiger partial charge in [0.05, 0.1) is 24.4 Å². The highest BCUT2D eigenvalue weighted by molar-refractivity contribution is 6.03. The van der Waals surface area contributed by atoms with Crippen LogP contribution in [0.15, 0.2) is 24.3 Å². The van der Waals surface area contributed by atoms with E-state index in [0.29, 0.717) is 31.0 Å². The highest BCUT2D eigenvalue weighted by atomic mass is 16.5. The fourth-order valence-corrected chi connectivity index (χ4v) is 2.75. The maximum Gasteiger partial charge on any atom is 0.269 e. The van der Waals surface area contributed by atoms with E-state index < -0.39 is 5.91 Å². The summed E-state index contributed by atoms with van der Waals surface area (Å²) < 4.78 is 6.78. The number of amides is 2. The van der Waals surface area contributed by atoms with Crippen molar-refractivity contribution in [3.05, 3.63) is 46.8 Å². The molecular weight excluding hydrogens is 332 g/mol. The van der Waals surface area contributed by atoms with E-state index in [4.69, 9.17) is 10.5 Å². The monoisotopic (exact) mass is 358 g/mol. The van der Waals surface area contributed by atoms with Crippen LogP contribution >= 0.6 is 0 Å². The van der Waals surface area contributed by atoms with Crippen molar-refractivity contribution in [2.45, 2.75) is 39.7 Å². The largest absolute Gasteiger partial charge is 0.377 e. The second-order valence-corrected chi connectivity index (χ2v) is 6.09. The van der Waals surface area contributed by atoms with Crippen LogP contribution in [0, 0.1) is 0 Å². The molecule has 0 unspecified atom stereocenters. The van der Waals surface area contributed by atoms with Gasteiger partial charge in [0.25, 0.3) is 5.91 Å². The quantitative estimate of drug-likeness (QED) is 0.718. The predicted octanol–water partition coefficient (Wildman–Crippen LogP) is 2.19. The van der Waals surface area contributed by atoms with Crippen LogP contribution < -0.4 is 11.1 Å². The Morgan fingerprint density at radius 3 is 2.42 bits per heavy atom. The molecule has 2 rings (SSSR count). The lowest BCUT2D eigenvalue weighted by Gasteiger charge is -2.08. The van der Waals surface area contributed by atoms with Gasteiger partial charge in [0.2, 0.25) is 5.91 Å². The molecule has 140 valence electrons. The topological polar surface area (TPSA) is 99.2 Å². The molecule has 3 N–H and O–H groups in total. The molecule has 2 aromatic rings. The summed E-state index contributed by atoms with van der Waals surface area (Å²) in [5.41, 5.74) is 8.69. The summed E-state index contributed by atoms with van der Waals surface area (Å²) >= 11 is 0. The molecule has 0 aliphatic heterocycles. The molecule has 0 aliphatic rings. The third-order valence-corrected chi connectivity index (χ3v) is 3.96. The van der Waals surface area contributed by atoms with E-state index in [9.17, 15) is 9.59 Å². The number of benzene rings is 1. The van der Waals surface area contributed by atoms with Crippen molar-refractivity contribution in [2.24, 2.45) is 12.8 Å². The van der Waals surface area contributed by atoms with Crippen LogP contribution in [0.2, 0.25) is 0 Å². The number of hydrogen-bond donors (Lipinski definition) is 2. The van der Waals surface area contributed by atoms with E-state index in [0.717, 1.165) is 17.5 Å². The van der Waals surface area contributed by atoms with Crippen LogP contribution in [0.3, 0.4) is 0 Å². The smallest absolute Gasteiger partial charge is 0.269 e. The van der Waals surface area contributed by atoms with Crippen molar-refractivity contribution in [1.29, 1.82) is 0 Å². The van der Waals surface area contributed by atoms with Crippen molar-refractivity contribution < 1.29 is 14.3 Å². The standard InChI is InChI=1S/C19H26N4O3/c1-4-6-15-17(18(19(20)25)23(3)22-15)21-16(24)11-13-7-9-14(10-8-13)12-26-5-2/h7-10H,4-6,11-12H2,1-3H3,(H2,20,25)(H,21,24). The van der Waals surface area contributed by atoms with Gasteiger partial charge in [-0.1, -0.05) is 37.6 Å². The molecule has 1 heterocycles. The van der Waals surface area contributed by atoms with Gasteiger partial charge in [0.15, 0.2) is 0 Å². The first-order valence-corrected chi connectivity index (χ1v) is 8.77. The summed E-state index contributed by atoms with van der Waals surface area (Å²) in [6, 6.07) is 7.69. The van der Waals surface area contributed by atoms with Gasteiger partial charge in [-0.3, -0.25) is 14.3 Å².